The Bertz CT molecular complexity index is 1180. The summed E-state index contributed by atoms with van der Waals surface area (Å²) >= 11 is 0. The summed E-state index contributed by atoms with van der Waals surface area (Å²) in [4.78, 5) is 30.6. The van der Waals surface area contributed by atoms with E-state index in [9.17, 15) is 9.59 Å². The molecule has 342 valence electrons. The summed E-state index contributed by atoms with van der Waals surface area (Å²) in [6.45, 7) is 17.0. The second kappa shape index (κ2) is 38.3. The van der Waals surface area contributed by atoms with Gasteiger partial charge in [-0.1, -0.05) is 192 Å². The molecule has 2 rings (SSSR count). The normalized spacial score (nSPS) is 11.6. The second-order valence-corrected chi connectivity index (χ2v) is 17.7. The van der Waals surface area contributed by atoms with Crippen LogP contribution < -0.4 is 0 Å². The van der Waals surface area contributed by atoms with Crippen molar-refractivity contribution in [3.05, 3.63) is 59.7 Å². The van der Waals surface area contributed by atoms with Crippen molar-refractivity contribution in [1.29, 1.82) is 0 Å². The minimum Gasteiger partial charge on any atom is -0.369 e. The fourth-order valence-electron chi connectivity index (χ4n) is 8.08. The van der Waals surface area contributed by atoms with E-state index in [-0.39, 0.29) is 24.8 Å². The maximum absolute atomic E-state index is 12.7. The first-order valence-corrected chi connectivity index (χ1v) is 25.3. The third-order valence-electron chi connectivity index (χ3n) is 12.0. The van der Waals surface area contributed by atoms with Crippen LogP contribution in [0.1, 0.15) is 206 Å². The minimum atomic E-state index is 0.183. The van der Waals surface area contributed by atoms with E-state index in [4.69, 9.17) is 9.47 Å². The zero-order chi connectivity index (χ0) is 43.1. The Balaban J connectivity index is 1.65. The molecular formula is C54H92N2O4. The molecule has 0 heterocycles. The van der Waals surface area contributed by atoms with Gasteiger partial charge in [-0.2, -0.15) is 0 Å². The van der Waals surface area contributed by atoms with Crippen molar-refractivity contribution in [2.24, 2.45) is 0 Å². The van der Waals surface area contributed by atoms with E-state index >= 15 is 0 Å². The molecule has 0 N–H and O–H groups in total. The van der Waals surface area contributed by atoms with Gasteiger partial charge in [0.25, 0.3) is 0 Å². The predicted octanol–water partition coefficient (Wildman–Crippen LogP) is 14.4. The van der Waals surface area contributed by atoms with Gasteiger partial charge in [0.05, 0.1) is 13.2 Å². The van der Waals surface area contributed by atoms with Crippen molar-refractivity contribution in [3.63, 3.8) is 0 Å². The monoisotopic (exact) mass is 833 g/mol. The molecule has 6 heteroatoms. The quantitative estimate of drug-likeness (QED) is 0.0621. The van der Waals surface area contributed by atoms with Gasteiger partial charge in [-0.25, -0.2) is 0 Å². The number of ketones is 2. The van der Waals surface area contributed by atoms with Gasteiger partial charge in [0.1, 0.15) is 13.2 Å². The SMILES string of the molecule is CCCCCCCCN(CCCCCCC)CCCC(=O)COCc1ccc(-c2ccc(COCC(=O)CCCN(CCCCCCC)CCCCCCCC)cc2)cc1. The Morgan fingerprint density at radius 1 is 0.367 bits per heavy atom. The Morgan fingerprint density at radius 3 is 0.933 bits per heavy atom. The van der Waals surface area contributed by atoms with E-state index < -0.39 is 0 Å². The summed E-state index contributed by atoms with van der Waals surface area (Å²) in [6.07, 6.45) is 32.0. The largest absolute Gasteiger partial charge is 0.369 e. The Kier molecular flexibility index (Phi) is 34.3. The van der Waals surface area contributed by atoms with Crippen LogP contribution in [0.15, 0.2) is 48.5 Å². The molecule has 2 aromatic carbocycles. The number of nitrogens with zero attached hydrogens (tertiary/aromatic N) is 2. The molecule has 0 atom stereocenters. The minimum absolute atomic E-state index is 0.183. The lowest BCUT2D eigenvalue weighted by Gasteiger charge is -2.22. The van der Waals surface area contributed by atoms with Crippen LogP contribution in [0.4, 0.5) is 0 Å². The van der Waals surface area contributed by atoms with Crippen LogP contribution in [-0.2, 0) is 32.3 Å². The highest BCUT2D eigenvalue weighted by Gasteiger charge is 2.10. The number of carbonyl (C=O) groups excluding carboxylic acids is 2. The number of hydrogen-bond acceptors (Lipinski definition) is 6. The molecule has 0 amide bonds. The number of hydrogen-bond donors (Lipinski definition) is 0. The molecule has 0 aliphatic carbocycles. The molecular weight excluding hydrogens is 741 g/mol. The van der Waals surface area contributed by atoms with E-state index in [1.807, 2.05) is 0 Å². The van der Waals surface area contributed by atoms with Gasteiger partial charge in [0, 0.05) is 12.8 Å². The van der Waals surface area contributed by atoms with Crippen molar-refractivity contribution >= 4 is 11.6 Å². The van der Waals surface area contributed by atoms with Crippen LogP contribution in [-0.4, -0.2) is 73.8 Å². The highest BCUT2D eigenvalue weighted by molar-refractivity contribution is 5.80. The van der Waals surface area contributed by atoms with Crippen LogP contribution in [0.3, 0.4) is 0 Å². The van der Waals surface area contributed by atoms with Gasteiger partial charge >= 0.3 is 0 Å². The molecule has 0 aromatic heterocycles. The fraction of sp³-hybridized carbons (Fsp3) is 0.741. The number of ether oxygens (including phenoxy) is 2. The van der Waals surface area contributed by atoms with Crippen LogP contribution in [0, 0.1) is 0 Å². The second-order valence-electron chi connectivity index (χ2n) is 17.7. The lowest BCUT2D eigenvalue weighted by Crippen LogP contribution is -2.28. The van der Waals surface area contributed by atoms with E-state index in [1.54, 1.807) is 0 Å². The van der Waals surface area contributed by atoms with Gasteiger partial charge in [0.2, 0.25) is 0 Å². The van der Waals surface area contributed by atoms with Crippen molar-refractivity contribution in [2.45, 2.75) is 208 Å². The molecule has 0 fully saturated rings. The molecule has 60 heavy (non-hydrogen) atoms. The average Bonchev–Trinajstić information content (AvgIpc) is 3.26. The third kappa shape index (κ3) is 29.0. The number of carbonyl (C=O) groups is 2. The maximum Gasteiger partial charge on any atom is 0.158 e. The molecule has 6 nitrogen and oxygen atoms in total. The highest BCUT2D eigenvalue weighted by atomic mass is 16.5. The average molecular weight is 833 g/mol. The van der Waals surface area contributed by atoms with Gasteiger partial charge < -0.3 is 19.3 Å². The molecule has 0 aliphatic heterocycles. The maximum atomic E-state index is 12.7. The smallest absolute Gasteiger partial charge is 0.158 e. The van der Waals surface area contributed by atoms with Crippen molar-refractivity contribution < 1.29 is 19.1 Å². The highest BCUT2D eigenvalue weighted by Crippen LogP contribution is 2.21. The van der Waals surface area contributed by atoms with Crippen molar-refractivity contribution in [3.8, 4) is 11.1 Å². The lowest BCUT2D eigenvalue weighted by atomic mass is 10.0. The van der Waals surface area contributed by atoms with Crippen molar-refractivity contribution in [1.82, 2.24) is 9.80 Å². The van der Waals surface area contributed by atoms with Gasteiger partial charge in [-0.05, 0) is 100 Å². The van der Waals surface area contributed by atoms with E-state index in [0.29, 0.717) is 26.1 Å². The number of benzene rings is 2. The molecule has 0 unspecified atom stereocenters. The van der Waals surface area contributed by atoms with Crippen LogP contribution in [0.25, 0.3) is 11.1 Å². The molecule has 0 saturated carbocycles. The molecule has 2 aromatic rings. The third-order valence-corrected chi connectivity index (χ3v) is 12.0. The summed E-state index contributed by atoms with van der Waals surface area (Å²) in [6, 6.07) is 16.8. The summed E-state index contributed by atoms with van der Waals surface area (Å²) in [5.74, 6) is 0.401. The van der Waals surface area contributed by atoms with Crippen molar-refractivity contribution in [2.75, 3.05) is 52.5 Å². The first kappa shape index (κ1) is 53.8. The summed E-state index contributed by atoms with van der Waals surface area (Å²) in [5, 5.41) is 0. The standard InChI is InChI=1S/C54H92N2O4/c1-5-9-13-17-21-25-41-55(39-23-19-15-11-7-3)43-27-29-53(57)47-59-45-49-31-35-51(36-32-49)52-37-33-50(34-38-52)46-60-48-54(58)30-28-44-56(40-24-20-16-12-8-4)42-26-22-18-14-10-6-2/h31-38H,5-30,39-48H2,1-4H3. The Morgan fingerprint density at radius 2 is 0.633 bits per heavy atom. The van der Waals surface area contributed by atoms with Gasteiger partial charge in [-0.15, -0.1) is 0 Å². The van der Waals surface area contributed by atoms with Gasteiger partial charge in [-0.3, -0.25) is 9.59 Å². The molecule has 0 radical (unpaired) electrons. The zero-order valence-electron chi connectivity index (χ0n) is 39.6. The Hall–Kier alpha value is -2.38. The molecule has 0 aliphatic rings. The summed E-state index contributed by atoms with van der Waals surface area (Å²) in [7, 11) is 0. The number of rotatable bonds is 43. The number of Topliss-reactive ketones (excluding diaryl/α,β-unsaturated/α-hetero) is 2. The fourth-order valence-corrected chi connectivity index (χ4v) is 8.08. The summed E-state index contributed by atoms with van der Waals surface area (Å²) in [5.41, 5.74) is 4.42. The molecule has 0 bridgehead atoms. The lowest BCUT2D eigenvalue weighted by molar-refractivity contribution is -0.124. The van der Waals surface area contributed by atoms with E-state index in [1.165, 1.54) is 167 Å². The first-order valence-electron chi connectivity index (χ1n) is 25.3. The first-order chi connectivity index (χ1) is 29.5. The van der Waals surface area contributed by atoms with Crippen LogP contribution >= 0.6 is 0 Å². The van der Waals surface area contributed by atoms with Gasteiger partial charge in [0.15, 0.2) is 11.6 Å². The van der Waals surface area contributed by atoms with Crippen LogP contribution in [0.2, 0.25) is 0 Å². The molecule has 0 saturated heterocycles. The van der Waals surface area contributed by atoms with Crippen LogP contribution in [0.5, 0.6) is 0 Å². The van der Waals surface area contributed by atoms with E-state index in [2.05, 4.69) is 86.0 Å². The zero-order valence-corrected chi connectivity index (χ0v) is 39.6. The number of unbranched alkanes of at least 4 members (excludes halogenated alkanes) is 18. The summed E-state index contributed by atoms with van der Waals surface area (Å²) < 4.78 is 11.7. The topological polar surface area (TPSA) is 59.1 Å². The predicted molar refractivity (Wildman–Crippen MR) is 257 cm³/mol. The Labute approximate surface area is 370 Å². The van der Waals surface area contributed by atoms with E-state index in [0.717, 1.165) is 48.2 Å². The molecule has 0 spiro atoms.